The zero-order valence-electron chi connectivity index (χ0n) is 15.0. The lowest BCUT2D eigenvalue weighted by molar-refractivity contribution is -0.119. The standard InChI is InChI=1S/C21H24F2N2O/c1-15(26)24-13-16-5-2-6-17-14-25(12-10-18(16)17)11-4-7-19-20(22)8-3-9-21(19)23/h2-3,5-6,8-9H,4,7,10-14H2,1H3,(H,24,26). The van der Waals surface area contributed by atoms with Gasteiger partial charge in [-0.3, -0.25) is 9.69 Å². The third-order valence-electron chi connectivity index (χ3n) is 4.93. The number of carbonyl (C=O) groups is 1. The van der Waals surface area contributed by atoms with Crippen molar-refractivity contribution < 1.29 is 13.6 Å². The predicted molar refractivity (Wildman–Crippen MR) is 97.6 cm³/mol. The normalized spacial score (nSPS) is 14.1. The van der Waals surface area contributed by atoms with E-state index < -0.39 is 11.6 Å². The summed E-state index contributed by atoms with van der Waals surface area (Å²) in [4.78, 5) is 13.5. The Hall–Kier alpha value is -2.27. The Balaban J connectivity index is 1.57. The highest BCUT2D eigenvalue weighted by Crippen LogP contribution is 2.23. The minimum Gasteiger partial charge on any atom is -0.352 e. The van der Waals surface area contributed by atoms with E-state index in [9.17, 15) is 13.6 Å². The van der Waals surface area contributed by atoms with Crippen LogP contribution in [0.4, 0.5) is 8.78 Å². The smallest absolute Gasteiger partial charge is 0.217 e. The van der Waals surface area contributed by atoms with Gasteiger partial charge in [0.2, 0.25) is 5.91 Å². The van der Waals surface area contributed by atoms with Crippen LogP contribution < -0.4 is 5.32 Å². The van der Waals surface area contributed by atoms with Crippen molar-refractivity contribution in [3.8, 4) is 0 Å². The fourth-order valence-corrected chi connectivity index (χ4v) is 3.57. The molecule has 1 heterocycles. The fourth-order valence-electron chi connectivity index (χ4n) is 3.57. The van der Waals surface area contributed by atoms with Crippen LogP contribution in [0, 0.1) is 11.6 Å². The highest BCUT2D eigenvalue weighted by atomic mass is 19.1. The zero-order valence-corrected chi connectivity index (χ0v) is 15.0. The van der Waals surface area contributed by atoms with Gasteiger partial charge in [0.05, 0.1) is 0 Å². The Labute approximate surface area is 153 Å². The summed E-state index contributed by atoms with van der Waals surface area (Å²) in [6, 6.07) is 10.2. The summed E-state index contributed by atoms with van der Waals surface area (Å²) in [6.45, 7) is 4.65. The molecule has 0 atom stereocenters. The maximum Gasteiger partial charge on any atom is 0.217 e. The first-order chi connectivity index (χ1) is 12.5. The van der Waals surface area contributed by atoms with Gasteiger partial charge in [0.15, 0.2) is 0 Å². The molecule has 2 aromatic rings. The Bertz CT molecular complexity index is 771. The van der Waals surface area contributed by atoms with Gasteiger partial charge in [-0.15, -0.1) is 0 Å². The quantitative estimate of drug-likeness (QED) is 0.856. The van der Waals surface area contributed by atoms with Gasteiger partial charge in [0, 0.05) is 32.1 Å². The molecule has 0 radical (unpaired) electrons. The van der Waals surface area contributed by atoms with E-state index in [0.717, 1.165) is 32.5 Å². The van der Waals surface area contributed by atoms with Gasteiger partial charge in [-0.1, -0.05) is 24.3 Å². The molecule has 0 saturated heterocycles. The summed E-state index contributed by atoms with van der Waals surface area (Å²) >= 11 is 0. The average Bonchev–Trinajstić information content (AvgIpc) is 2.62. The third kappa shape index (κ3) is 4.47. The van der Waals surface area contributed by atoms with E-state index in [1.165, 1.54) is 41.8 Å². The van der Waals surface area contributed by atoms with Crippen molar-refractivity contribution in [2.24, 2.45) is 0 Å². The maximum atomic E-state index is 13.7. The van der Waals surface area contributed by atoms with Crippen LogP contribution in [0.15, 0.2) is 36.4 Å². The highest BCUT2D eigenvalue weighted by Gasteiger charge is 2.18. The Kier molecular flexibility index (Phi) is 5.99. The van der Waals surface area contributed by atoms with Crippen LogP contribution in [0.3, 0.4) is 0 Å². The topological polar surface area (TPSA) is 32.3 Å². The van der Waals surface area contributed by atoms with Crippen LogP contribution in [0.1, 0.15) is 35.6 Å². The first kappa shape index (κ1) is 18.5. The lowest BCUT2D eigenvalue weighted by atomic mass is 9.94. The largest absolute Gasteiger partial charge is 0.352 e. The molecule has 0 saturated carbocycles. The number of fused-ring (bicyclic) bond motifs is 1. The second-order valence-electron chi connectivity index (χ2n) is 6.79. The molecule has 26 heavy (non-hydrogen) atoms. The maximum absolute atomic E-state index is 13.7. The second-order valence-corrected chi connectivity index (χ2v) is 6.79. The molecule has 5 heteroatoms. The molecule has 138 valence electrons. The van der Waals surface area contributed by atoms with Crippen LogP contribution in [0.25, 0.3) is 0 Å². The SMILES string of the molecule is CC(=O)NCc1cccc2c1CCN(CCCc1c(F)cccc1F)C2. The van der Waals surface area contributed by atoms with E-state index in [-0.39, 0.29) is 11.5 Å². The van der Waals surface area contributed by atoms with Gasteiger partial charge in [0.25, 0.3) is 0 Å². The highest BCUT2D eigenvalue weighted by molar-refractivity contribution is 5.72. The first-order valence-corrected chi connectivity index (χ1v) is 9.04. The van der Waals surface area contributed by atoms with E-state index in [4.69, 9.17) is 0 Å². The molecular weight excluding hydrogens is 334 g/mol. The number of nitrogens with one attached hydrogen (secondary N) is 1. The number of hydrogen-bond acceptors (Lipinski definition) is 2. The molecule has 3 rings (SSSR count). The van der Waals surface area contributed by atoms with Crippen LogP contribution in [-0.2, 0) is 30.7 Å². The molecule has 0 unspecified atom stereocenters. The number of hydrogen-bond donors (Lipinski definition) is 1. The van der Waals surface area contributed by atoms with Gasteiger partial charge in [-0.25, -0.2) is 8.78 Å². The van der Waals surface area contributed by atoms with Crippen molar-refractivity contribution in [2.45, 2.75) is 39.3 Å². The van der Waals surface area contributed by atoms with Crippen molar-refractivity contribution in [2.75, 3.05) is 13.1 Å². The molecule has 0 aliphatic carbocycles. The third-order valence-corrected chi connectivity index (χ3v) is 4.93. The van der Waals surface area contributed by atoms with E-state index >= 15 is 0 Å². The fraction of sp³-hybridized carbons (Fsp3) is 0.381. The Morgan fingerprint density at radius 2 is 1.88 bits per heavy atom. The van der Waals surface area contributed by atoms with Crippen molar-refractivity contribution >= 4 is 5.91 Å². The molecular formula is C21H24F2N2O. The van der Waals surface area contributed by atoms with E-state index in [2.05, 4.69) is 22.3 Å². The number of nitrogens with zero attached hydrogens (tertiary/aromatic N) is 1. The van der Waals surface area contributed by atoms with Crippen LogP contribution >= 0.6 is 0 Å². The molecule has 1 amide bonds. The Morgan fingerprint density at radius 1 is 1.15 bits per heavy atom. The number of rotatable bonds is 6. The van der Waals surface area contributed by atoms with Crippen molar-refractivity contribution in [3.05, 3.63) is 70.3 Å². The minimum atomic E-state index is -0.461. The Morgan fingerprint density at radius 3 is 2.62 bits per heavy atom. The number of amides is 1. The lowest BCUT2D eigenvalue weighted by Gasteiger charge is -2.30. The van der Waals surface area contributed by atoms with Crippen LogP contribution in [0.2, 0.25) is 0 Å². The van der Waals surface area contributed by atoms with Crippen LogP contribution in [-0.4, -0.2) is 23.9 Å². The molecule has 0 fully saturated rings. The summed E-state index contributed by atoms with van der Waals surface area (Å²) in [5, 5.41) is 2.86. The summed E-state index contributed by atoms with van der Waals surface area (Å²) in [6.07, 6.45) is 2.06. The van der Waals surface area contributed by atoms with Crippen LogP contribution in [0.5, 0.6) is 0 Å². The van der Waals surface area contributed by atoms with Crippen molar-refractivity contribution in [1.29, 1.82) is 0 Å². The zero-order chi connectivity index (χ0) is 18.5. The van der Waals surface area contributed by atoms with Gasteiger partial charge in [0.1, 0.15) is 11.6 Å². The average molecular weight is 358 g/mol. The molecule has 0 spiro atoms. The number of benzene rings is 2. The molecule has 1 aliphatic heterocycles. The first-order valence-electron chi connectivity index (χ1n) is 9.04. The predicted octanol–water partition coefficient (Wildman–Crippen LogP) is 3.59. The molecule has 0 aromatic heterocycles. The summed E-state index contributed by atoms with van der Waals surface area (Å²) < 4.78 is 27.4. The molecule has 2 aromatic carbocycles. The van der Waals surface area contributed by atoms with Gasteiger partial charge >= 0.3 is 0 Å². The summed E-state index contributed by atoms with van der Waals surface area (Å²) in [5.41, 5.74) is 3.95. The van der Waals surface area contributed by atoms with Gasteiger partial charge < -0.3 is 5.32 Å². The summed E-state index contributed by atoms with van der Waals surface area (Å²) in [5.74, 6) is -0.950. The molecule has 1 aliphatic rings. The van der Waals surface area contributed by atoms with Crippen molar-refractivity contribution in [3.63, 3.8) is 0 Å². The second kappa shape index (κ2) is 8.41. The lowest BCUT2D eigenvalue weighted by Crippen LogP contribution is -2.32. The van der Waals surface area contributed by atoms with Crippen molar-refractivity contribution in [1.82, 2.24) is 10.2 Å². The van der Waals surface area contributed by atoms with E-state index in [1.807, 2.05) is 6.07 Å². The molecule has 3 nitrogen and oxygen atoms in total. The molecule has 1 N–H and O–H groups in total. The van der Waals surface area contributed by atoms with E-state index in [0.29, 0.717) is 13.0 Å². The van der Waals surface area contributed by atoms with Gasteiger partial charge in [-0.2, -0.15) is 0 Å². The minimum absolute atomic E-state index is 0.0274. The summed E-state index contributed by atoms with van der Waals surface area (Å²) in [7, 11) is 0. The van der Waals surface area contributed by atoms with E-state index in [1.54, 1.807) is 0 Å². The van der Waals surface area contributed by atoms with Gasteiger partial charge in [-0.05, 0) is 54.6 Å². The monoisotopic (exact) mass is 358 g/mol. The molecule has 0 bridgehead atoms. The number of halogens is 2. The number of carbonyl (C=O) groups excluding carboxylic acids is 1.